The zero-order valence-corrected chi connectivity index (χ0v) is 17.9. The van der Waals surface area contributed by atoms with Gasteiger partial charge >= 0.3 is 0 Å². The molecule has 0 aliphatic carbocycles. The summed E-state index contributed by atoms with van der Waals surface area (Å²) >= 11 is 0. The molecule has 3 aromatic rings. The molecule has 32 heavy (non-hydrogen) atoms. The van der Waals surface area contributed by atoms with Crippen molar-refractivity contribution in [1.82, 2.24) is 0 Å². The highest BCUT2D eigenvalue weighted by Gasteiger charge is 2.40. The lowest BCUT2D eigenvalue weighted by atomic mass is 9.93. The molecule has 164 valence electrons. The van der Waals surface area contributed by atoms with E-state index in [9.17, 15) is 13.5 Å². The molecule has 1 N–H and O–H groups in total. The van der Waals surface area contributed by atoms with Crippen molar-refractivity contribution < 1.29 is 23.0 Å². The van der Waals surface area contributed by atoms with E-state index in [1.807, 2.05) is 53.4 Å². The Hall–Kier alpha value is -3.20. The third-order valence-corrected chi connectivity index (χ3v) is 6.93. The van der Waals surface area contributed by atoms with E-state index in [2.05, 4.69) is 4.40 Å². The van der Waals surface area contributed by atoms with Crippen molar-refractivity contribution in [2.75, 3.05) is 18.1 Å². The van der Waals surface area contributed by atoms with E-state index in [-0.39, 0.29) is 18.1 Å². The van der Waals surface area contributed by atoms with Gasteiger partial charge in [-0.15, -0.1) is 0 Å². The largest absolute Gasteiger partial charge is 0.453 e. The number of fused-ring (bicyclic) bond motifs is 2. The van der Waals surface area contributed by atoms with Crippen molar-refractivity contribution in [1.29, 1.82) is 0 Å². The maximum Gasteiger partial charge on any atom is 0.281 e. The van der Waals surface area contributed by atoms with Crippen LogP contribution >= 0.6 is 0 Å². The third kappa shape index (κ3) is 3.77. The van der Waals surface area contributed by atoms with Crippen molar-refractivity contribution in [3.8, 4) is 11.5 Å². The standard InChI is InChI=1S/C24H22N2O5S/c27-24-17(14-25-32(28,29)18-8-2-1-3-9-18)15-30-16-21(24)26-19-10-4-6-12-22(19)31-23-13-7-5-11-20(23)26/h1-14,17,21,24,27H,15-16H2/b25-14+/t17?,21-,24-/m0/s1. The van der Waals surface area contributed by atoms with Crippen LogP contribution in [0.3, 0.4) is 0 Å². The van der Waals surface area contributed by atoms with Crippen LogP contribution in [0.15, 0.2) is 88.2 Å². The second-order valence-corrected chi connectivity index (χ2v) is 9.34. The molecule has 3 aromatic carbocycles. The quantitative estimate of drug-likeness (QED) is 0.609. The molecule has 0 saturated carbocycles. The molecule has 1 fully saturated rings. The molecular formula is C24H22N2O5S. The summed E-state index contributed by atoms with van der Waals surface area (Å²) in [7, 11) is -3.85. The lowest BCUT2D eigenvalue weighted by Crippen LogP contribution is -2.53. The number of rotatable bonds is 4. The average molecular weight is 451 g/mol. The maximum absolute atomic E-state index is 12.5. The zero-order valence-electron chi connectivity index (χ0n) is 17.1. The fourth-order valence-corrected chi connectivity index (χ4v) is 5.01. The summed E-state index contributed by atoms with van der Waals surface area (Å²) in [5.74, 6) is 0.774. The highest BCUT2D eigenvalue weighted by atomic mass is 32.2. The van der Waals surface area contributed by atoms with Gasteiger partial charge in [0, 0.05) is 12.1 Å². The van der Waals surface area contributed by atoms with Crippen LogP contribution in [0.5, 0.6) is 11.5 Å². The Morgan fingerprint density at radius 2 is 1.47 bits per heavy atom. The first-order valence-electron chi connectivity index (χ1n) is 10.3. The number of aliphatic hydroxyl groups excluding tert-OH is 1. The number of sulfonamides is 1. The van der Waals surface area contributed by atoms with Crippen LogP contribution < -0.4 is 9.64 Å². The smallest absolute Gasteiger partial charge is 0.281 e. The van der Waals surface area contributed by atoms with Crippen molar-refractivity contribution in [3.63, 3.8) is 0 Å². The van der Waals surface area contributed by atoms with E-state index in [1.54, 1.807) is 18.2 Å². The zero-order chi connectivity index (χ0) is 22.1. The van der Waals surface area contributed by atoms with Crippen molar-refractivity contribution >= 4 is 27.6 Å². The molecule has 8 heteroatoms. The Balaban J connectivity index is 1.46. The Morgan fingerprint density at radius 3 is 2.12 bits per heavy atom. The van der Waals surface area contributed by atoms with E-state index >= 15 is 0 Å². The number of nitrogens with zero attached hydrogens (tertiary/aromatic N) is 2. The fraction of sp³-hybridized carbons (Fsp3) is 0.208. The molecular weight excluding hydrogens is 428 g/mol. The van der Waals surface area contributed by atoms with Gasteiger partial charge in [-0.05, 0) is 36.4 Å². The van der Waals surface area contributed by atoms with Crippen LogP contribution in [0.25, 0.3) is 0 Å². The van der Waals surface area contributed by atoms with Crippen LogP contribution in [0.4, 0.5) is 11.4 Å². The topological polar surface area (TPSA) is 88.4 Å². The van der Waals surface area contributed by atoms with Crippen LogP contribution in [0, 0.1) is 5.92 Å². The van der Waals surface area contributed by atoms with Crippen molar-refractivity contribution in [2.24, 2.45) is 10.3 Å². The number of anilines is 2. The van der Waals surface area contributed by atoms with Gasteiger partial charge in [-0.25, -0.2) is 0 Å². The van der Waals surface area contributed by atoms with Gasteiger partial charge < -0.3 is 19.5 Å². The first-order chi connectivity index (χ1) is 15.5. The Labute approximate surface area is 186 Å². The highest BCUT2D eigenvalue weighted by Crippen LogP contribution is 2.48. The molecule has 1 unspecified atom stereocenters. The summed E-state index contributed by atoms with van der Waals surface area (Å²) in [6.45, 7) is 0.457. The van der Waals surface area contributed by atoms with Crippen LogP contribution in [-0.2, 0) is 14.8 Å². The minimum Gasteiger partial charge on any atom is -0.453 e. The summed E-state index contributed by atoms with van der Waals surface area (Å²) in [5, 5.41) is 11.3. The van der Waals surface area contributed by atoms with Crippen LogP contribution in [-0.4, -0.2) is 45.1 Å². The van der Waals surface area contributed by atoms with Gasteiger partial charge in [-0.2, -0.15) is 12.8 Å². The second kappa shape index (κ2) is 8.38. The summed E-state index contributed by atoms with van der Waals surface area (Å²) in [6, 6.07) is 22.8. The van der Waals surface area contributed by atoms with Gasteiger partial charge in [0.05, 0.1) is 41.6 Å². The van der Waals surface area contributed by atoms with Gasteiger partial charge in [0.25, 0.3) is 10.0 Å². The van der Waals surface area contributed by atoms with Gasteiger partial charge in [-0.3, -0.25) is 0 Å². The summed E-state index contributed by atoms with van der Waals surface area (Å²) in [4.78, 5) is 2.11. The lowest BCUT2D eigenvalue weighted by molar-refractivity contribution is -0.0254. The number of hydrogen-bond donors (Lipinski definition) is 1. The van der Waals surface area contributed by atoms with Gasteiger partial charge in [0.2, 0.25) is 0 Å². The van der Waals surface area contributed by atoms with Gasteiger partial charge in [0.15, 0.2) is 11.5 Å². The molecule has 5 rings (SSSR count). The first-order valence-corrected chi connectivity index (χ1v) is 11.7. The van der Waals surface area contributed by atoms with Crippen molar-refractivity contribution in [2.45, 2.75) is 17.0 Å². The first kappa shape index (κ1) is 20.7. The number of hydrogen-bond acceptors (Lipinski definition) is 6. The molecule has 7 nitrogen and oxygen atoms in total. The summed E-state index contributed by atoms with van der Waals surface area (Å²) in [5.41, 5.74) is 1.63. The van der Waals surface area contributed by atoms with E-state index in [4.69, 9.17) is 9.47 Å². The van der Waals surface area contributed by atoms with E-state index in [0.717, 1.165) is 11.4 Å². The number of ether oxygens (including phenoxy) is 2. The molecule has 0 amide bonds. The van der Waals surface area contributed by atoms with E-state index in [1.165, 1.54) is 18.3 Å². The van der Waals surface area contributed by atoms with Gasteiger partial charge in [0.1, 0.15) is 0 Å². The monoisotopic (exact) mass is 450 g/mol. The van der Waals surface area contributed by atoms with Crippen molar-refractivity contribution in [3.05, 3.63) is 78.9 Å². The third-order valence-electron chi connectivity index (χ3n) is 5.67. The van der Waals surface area contributed by atoms with E-state index in [0.29, 0.717) is 11.5 Å². The van der Waals surface area contributed by atoms with Crippen LogP contribution in [0.2, 0.25) is 0 Å². The summed E-state index contributed by atoms with van der Waals surface area (Å²) < 4.78 is 40.7. The molecule has 2 aliphatic rings. The SMILES string of the molecule is O=S(=O)(/N=C/C1COC[C@H](N2c3ccccc3Oc3ccccc32)[C@H]1O)c1ccccc1. The van der Waals surface area contributed by atoms with E-state index < -0.39 is 28.1 Å². The number of benzene rings is 3. The second-order valence-electron chi connectivity index (χ2n) is 7.71. The minimum atomic E-state index is -3.85. The lowest BCUT2D eigenvalue weighted by Gasteiger charge is -2.43. The molecule has 0 aromatic heterocycles. The molecule has 2 aliphatic heterocycles. The predicted octanol–water partition coefficient (Wildman–Crippen LogP) is 3.77. The van der Waals surface area contributed by atoms with Crippen LogP contribution in [0.1, 0.15) is 0 Å². The number of aliphatic hydroxyl groups is 1. The molecule has 2 heterocycles. The Kier molecular flexibility index (Phi) is 5.42. The Bertz CT molecular complexity index is 1200. The Morgan fingerprint density at radius 1 is 0.875 bits per heavy atom. The normalized spacial score (nSPS) is 22.8. The molecule has 1 saturated heterocycles. The molecule has 0 radical (unpaired) electrons. The van der Waals surface area contributed by atoms with Gasteiger partial charge in [-0.1, -0.05) is 42.5 Å². The highest BCUT2D eigenvalue weighted by molar-refractivity contribution is 7.90. The molecule has 0 spiro atoms. The fourth-order valence-electron chi connectivity index (χ4n) is 4.07. The molecule has 3 atom stereocenters. The summed E-state index contributed by atoms with van der Waals surface area (Å²) in [6.07, 6.45) is 0.384. The number of para-hydroxylation sites is 4. The average Bonchev–Trinajstić information content (AvgIpc) is 2.83. The maximum atomic E-state index is 12.5. The minimum absolute atomic E-state index is 0.107. The predicted molar refractivity (Wildman–Crippen MR) is 121 cm³/mol. The molecule has 0 bridgehead atoms.